The van der Waals surface area contributed by atoms with Crippen molar-refractivity contribution in [2.45, 2.75) is 45.6 Å². The van der Waals surface area contributed by atoms with Crippen molar-refractivity contribution in [2.75, 3.05) is 6.61 Å². The highest BCUT2D eigenvalue weighted by atomic mass is 16.5. The van der Waals surface area contributed by atoms with Gasteiger partial charge in [-0.1, -0.05) is 20.3 Å². The standard InChI is InChI=1S/C14H22N2O/c1-4-17-12-8-11(9-16-10-12)14(15)7-5-6-13(14,2)3/h8-10H,4-7,15H2,1-3H3. The average Bonchev–Trinajstić information content (AvgIpc) is 2.56. The first-order valence-electron chi connectivity index (χ1n) is 6.37. The Kier molecular flexibility index (Phi) is 3.13. The monoisotopic (exact) mass is 234 g/mol. The molecule has 1 aliphatic rings. The quantitative estimate of drug-likeness (QED) is 0.874. The second-order valence-corrected chi connectivity index (χ2v) is 5.55. The van der Waals surface area contributed by atoms with Gasteiger partial charge in [0.25, 0.3) is 0 Å². The molecule has 3 heteroatoms. The smallest absolute Gasteiger partial charge is 0.137 e. The molecule has 3 nitrogen and oxygen atoms in total. The molecule has 0 radical (unpaired) electrons. The van der Waals surface area contributed by atoms with Gasteiger partial charge >= 0.3 is 0 Å². The third-order valence-corrected chi connectivity index (χ3v) is 4.12. The van der Waals surface area contributed by atoms with Crippen LogP contribution in [-0.4, -0.2) is 11.6 Å². The van der Waals surface area contributed by atoms with Crippen molar-refractivity contribution in [3.8, 4) is 5.75 Å². The van der Waals surface area contributed by atoms with Crippen LogP contribution in [0.25, 0.3) is 0 Å². The largest absolute Gasteiger partial charge is 0.492 e. The van der Waals surface area contributed by atoms with Crippen molar-refractivity contribution in [3.63, 3.8) is 0 Å². The maximum atomic E-state index is 6.63. The SMILES string of the molecule is CCOc1cncc(C2(N)CCCC2(C)C)c1. The zero-order valence-corrected chi connectivity index (χ0v) is 11.0. The predicted octanol–water partition coefficient (Wildman–Crippen LogP) is 2.84. The van der Waals surface area contributed by atoms with Crippen LogP contribution in [0.5, 0.6) is 5.75 Å². The maximum absolute atomic E-state index is 6.63. The third kappa shape index (κ3) is 2.04. The summed E-state index contributed by atoms with van der Waals surface area (Å²) in [5, 5.41) is 0. The first kappa shape index (κ1) is 12.4. The van der Waals surface area contributed by atoms with Gasteiger partial charge in [-0.25, -0.2) is 0 Å². The van der Waals surface area contributed by atoms with Crippen molar-refractivity contribution in [1.82, 2.24) is 4.98 Å². The van der Waals surface area contributed by atoms with E-state index in [-0.39, 0.29) is 11.0 Å². The van der Waals surface area contributed by atoms with Crippen LogP contribution in [0.2, 0.25) is 0 Å². The molecule has 1 aromatic heterocycles. The summed E-state index contributed by atoms with van der Waals surface area (Å²) in [6, 6.07) is 2.05. The molecule has 1 fully saturated rings. The van der Waals surface area contributed by atoms with E-state index in [0.29, 0.717) is 6.61 Å². The van der Waals surface area contributed by atoms with E-state index in [9.17, 15) is 0 Å². The average molecular weight is 234 g/mol. The van der Waals surface area contributed by atoms with E-state index < -0.39 is 0 Å². The van der Waals surface area contributed by atoms with Crippen LogP contribution in [0.4, 0.5) is 0 Å². The summed E-state index contributed by atoms with van der Waals surface area (Å²) < 4.78 is 5.50. The molecule has 0 aromatic carbocycles. The van der Waals surface area contributed by atoms with Gasteiger partial charge in [0.1, 0.15) is 5.75 Å². The Hall–Kier alpha value is -1.09. The zero-order valence-electron chi connectivity index (χ0n) is 11.0. The molecule has 0 aliphatic heterocycles. The number of nitrogens with zero attached hydrogens (tertiary/aromatic N) is 1. The Morgan fingerprint density at radius 2 is 2.12 bits per heavy atom. The number of pyridine rings is 1. The Morgan fingerprint density at radius 3 is 2.71 bits per heavy atom. The second kappa shape index (κ2) is 4.30. The summed E-state index contributed by atoms with van der Waals surface area (Å²) in [6.07, 6.45) is 7.01. The summed E-state index contributed by atoms with van der Waals surface area (Å²) in [5.74, 6) is 0.817. The lowest BCUT2D eigenvalue weighted by Gasteiger charge is -2.38. The Bertz CT molecular complexity index is 403. The highest BCUT2D eigenvalue weighted by molar-refractivity contribution is 5.32. The molecule has 0 bridgehead atoms. The molecule has 0 saturated heterocycles. The summed E-state index contributed by atoms with van der Waals surface area (Å²) in [4.78, 5) is 4.25. The van der Waals surface area contributed by atoms with Crippen molar-refractivity contribution in [1.29, 1.82) is 0 Å². The highest BCUT2D eigenvalue weighted by Gasteiger charge is 2.47. The Morgan fingerprint density at radius 1 is 1.35 bits per heavy atom. The second-order valence-electron chi connectivity index (χ2n) is 5.55. The summed E-state index contributed by atoms with van der Waals surface area (Å²) >= 11 is 0. The van der Waals surface area contributed by atoms with Gasteiger partial charge in [0.05, 0.1) is 12.8 Å². The van der Waals surface area contributed by atoms with Crippen LogP contribution in [0, 0.1) is 5.41 Å². The topological polar surface area (TPSA) is 48.1 Å². The summed E-state index contributed by atoms with van der Waals surface area (Å²) in [7, 11) is 0. The van der Waals surface area contributed by atoms with E-state index in [1.54, 1.807) is 6.20 Å². The molecule has 0 amide bonds. The van der Waals surface area contributed by atoms with Crippen molar-refractivity contribution in [3.05, 3.63) is 24.0 Å². The van der Waals surface area contributed by atoms with Crippen LogP contribution in [0.1, 0.15) is 45.6 Å². The molecule has 17 heavy (non-hydrogen) atoms. The number of rotatable bonds is 3. The fourth-order valence-corrected chi connectivity index (χ4v) is 2.81. The first-order valence-corrected chi connectivity index (χ1v) is 6.37. The van der Waals surface area contributed by atoms with E-state index in [1.807, 2.05) is 19.2 Å². The number of nitrogens with two attached hydrogens (primary N) is 1. The van der Waals surface area contributed by atoms with Crippen LogP contribution in [0.3, 0.4) is 0 Å². The van der Waals surface area contributed by atoms with Gasteiger partial charge in [-0.15, -0.1) is 0 Å². The van der Waals surface area contributed by atoms with Crippen molar-refractivity contribution < 1.29 is 4.74 Å². The molecule has 1 heterocycles. The van der Waals surface area contributed by atoms with E-state index in [4.69, 9.17) is 10.5 Å². The highest BCUT2D eigenvalue weighted by Crippen LogP contribution is 2.50. The Labute approximate surface area is 103 Å². The van der Waals surface area contributed by atoms with Gasteiger partial charge in [-0.05, 0) is 36.8 Å². The minimum atomic E-state index is -0.271. The number of hydrogen-bond acceptors (Lipinski definition) is 3. The molecule has 0 spiro atoms. The molecule has 1 unspecified atom stereocenters. The zero-order chi connectivity index (χ0) is 12.5. The molecule has 2 rings (SSSR count). The first-order chi connectivity index (χ1) is 7.99. The number of hydrogen-bond donors (Lipinski definition) is 1. The van der Waals surface area contributed by atoms with Crippen LogP contribution < -0.4 is 10.5 Å². The van der Waals surface area contributed by atoms with Gasteiger partial charge < -0.3 is 10.5 Å². The molecule has 1 aliphatic carbocycles. The lowest BCUT2D eigenvalue weighted by molar-refractivity contribution is 0.209. The number of ether oxygens (including phenoxy) is 1. The normalized spacial score (nSPS) is 27.1. The fourth-order valence-electron chi connectivity index (χ4n) is 2.81. The molecule has 1 saturated carbocycles. The third-order valence-electron chi connectivity index (χ3n) is 4.12. The lowest BCUT2D eigenvalue weighted by atomic mass is 9.72. The maximum Gasteiger partial charge on any atom is 0.137 e. The molecular formula is C14H22N2O. The molecular weight excluding hydrogens is 212 g/mol. The van der Waals surface area contributed by atoms with Crippen molar-refractivity contribution in [2.24, 2.45) is 11.1 Å². The van der Waals surface area contributed by atoms with Gasteiger partial charge in [0.15, 0.2) is 0 Å². The van der Waals surface area contributed by atoms with Crippen LogP contribution >= 0.6 is 0 Å². The molecule has 1 aromatic rings. The number of aromatic nitrogens is 1. The van der Waals surface area contributed by atoms with E-state index >= 15 is 0 Å². The van der Waals surface area contributed by atoms with E-state index in [2.05, 4.69) is 18.8 Å². The molecule has 2 N–H and O–H groups in total. The molecule has 94 valence electrons. The van der Waals surface area contributed by atoms with Gasteiger partial charge in [0.2, 0.25) is 0 Å². The minimum Gasteiger partial charge on any atom is -0.492 e. The van der Waals surface area contributed by atoms with Crippen LogP contribution in [0.15, 0.2) is 18.5 Å². The molecule has 1 atom stereocenters. The minimum absolute atomic E-state index is 0.125. The predicted molar refractivity (Wildman–Crippen MR) is 68.9 cm³/mol. The Balaban J connectivity index is 2.36. The van der Waals surface area contributed by atoms with E-state index in [0.717, 1.165) is 17.7 Å². The van der Waals surface area contributed by atoms with Crippen molar-refractivity contribution >= 4 is 0 Å². The van der Waals surface area contributed by atoms with Gasteiger partial charge in [0, 0.05) is 11.7 Å². The van der Waals surface area contributed by atoms with E-state index in [1.165, 1.54) is 12.8 Å². The van der Waals surface area contributed by atoms with Crippen LogP contribution in [-0.2, 0) is 5.54 Å². The summed E-state index contributed by atoms with van der Waals surface area (Å²) in [5.41, 5.74) is 7.58. The lowest BCUT2D eigenvalue weighted by Crippen LogP contribution is -2.45. The summed E-state index contributed by atoms with van der Waals surface area (Å²) in [6.45, 7) is 7.12. The fraction of sp³-hybridized carbons (Fsp3) is 0.643. The van der Waals surface area contributed by atoms with Gasteiger partial charge in [-0.2, -0.15) is 0 Å². The van der Waals surface area contributed by atoms with Gasteiger partial charge in [-0.3, -0.25) is 4.98 Å².